The fourth-order valence-corrected chi connectivity index (χ4v) is 6.84. The standard InChI is InChI=1S/C42H39N5O13S/c1-22(21-24-5-13-28(48)14-6-24)38(51)43-27-11-15-29(16-12-27)61(57,58)47-23(2)39(52)44-26-9-7-25(8-10-26)40(53)45-32-19-17-30(34(49)36(32)59-3)41(54)46-33-20-18-31(42(55)56)35(50)37(33)60-4/h5-21,23,47-50H,1-4H3,(H,43,51)(H,44,52)(H,45,53)(H,46,54)(H,55,56)/b22-21+/t23-/m0/s1. The number of phenols is 3. The average molecular weight is 854 g/mol. The molecule has 0 bridgehead atoms. The highest BCUT2D eigenvalue weighted by Crippen LogP contribution is 2.40. The van der Waals surface area contributed by atoms with Gasteiger partial charge in [-0.2, -0.15) is 4.72 Å². The Hall–Kier alpha value is -7.90. The highest BCUT2D eigenvalue weighted by molar-refractivity contribution is 7.89. The van der Waals surface area contributed by atoms with Crippen molar-refractivity contribution in [2.75, 3.05) is 35.5 Å². The van der Waals surface area contributed by atoms with Crippen molar-refractivity contribution in [1.82, 2.24) is 4.72 Å². The average Bonchev–Trinajstić information content (AvgIpc) is 3.22. The smallest absolute Gasteiger partial charge is 0.339 e. The third-order valence-corrected chi connectivity index (χ3v) is 10.4. The van der Waals surface area contributed by atoms with E-state index in [9.17, 15) is 52.8 Å². The fraction of sp³-hybridized carbons (Fsp3) is 0.119. The second kappa shape index (κ2) is 18.8. The minimum absolute atomic E-state index is 0.0188. The molecule has 18 nitrogen and oxygen atoms in total. The summed E-state index contributed by atoms with van der Waals surface area (Å²) in [5.74, 6) is -6.01. The van der Waals surface area contributed by atoms with Crippen molar-refractivity contribution in [3.8, 4) is 28.7 Å². The van der Waals surface area contributed by atoms with Gasteiger partial charge in [0.15, 0.2) is 23.0 Å². The molecule has 5 rings (SSSR count). The van der Waals surface area contributed by atoms with E-state index in [1.54, 1.807) is 25.1 Å². The molecule has 0 aliphatic heterocycles. The number of ether oxygens (including phenoxy) is 2. The Morgan fingerprint density at radius 3 is 1.70 bits per heavy atom. The monoisotopic (exact) mass is 853 g/mol. The molecule has 1 atom stereocenters. The van der Waals surface area contributed by atoms with Gasteiger partial charge in [0, 0.05) is 22.5 Å². The largest absolute Gasteiger partial charge is 0.508 e. The lowest BCUT2D eigenvalue weighted by atomic mass is 10.1. The van der Waals surface area contributed by atoms with E-state index in [4.69, 9.17) is 9.47 Å². The number of carbonyl (C=O) groups is 5. The predicted molar refractivity (Wildman–Crippen MR) is 224 cm³/mol. The topological polar surface area (TPSA) is 279 Å². The summed E-state index contributed by atoms with van der Waals surface area (Å²) >= 11 is 0. The first-order chi connectivity index (χ1) is 28.9. The predicted octanol–water partition coefficient (Wildman–Crippen LogP) is 5.37. The Labute approximate surface area is 348 Å². The van der Waals surface area contributed by atoms with Crippen molar-refractivity contribution in [1.29, 1.82) is 0 Å². The normalized spacial score (nSPS) is 11.8. The van der Waals surface area contributed by atoms with Crippen molar-refractivity contribution in [2.45, 2.75) is 24.8 Å². The molecule has 0 radical (unpaired) electrons. The highest BCUT2D eigenvalue weighted by atomic mass is 32.2. The van der Waals surface area contributed by atoms with Gasteiger partial charge in [-0.05, 0) is 110 Å². The number of rotatable bonds is 15. The van der Waals surface area contributed by atoms with Gasteiger partial charge in [-0.25, -0.2) is 13.2 Å². The number of aromatic carboxylic acids is 1. The van der Waals surface area contributed by atoms with Gasteiger partial charge in [-0.1, -0.05) is 12.1 Å². The van der Waals surface area contributed by atoms with Crippen LogP contribution in [0.15, 0.2) is 108 Å². The van der Waals surface area contributed by atoms with Crippen LogP contribution in [0.1, 0.15) is 50.5 Å². The molecule has 0 saturated carbocycles. The van der Waals surface area contributed by atoms with E-state index < -0.39 is 62.7 Å². The summed E-state index contributed by atoms with van der Waals surface area (Å²) < 4.78 is 38.8. The maximum atomic E-state index is 13.1. The Morgan fingerprint density at radius 1 is 0.639 bits per heavy atom. The highest BCUT2D eigenvalue weighted by Gasteiger charge is 2.25. The number of hydrogen-bond donors (Lipinski definition) is 9. The number of sulfonamides is 1. The molecule has 0 heterocycles. The molecule has 0 aliphatic carbocycles. The Balaban J connectivity index is 1.17. The number of aromatic hydroxyl groups is 3. The van der Waals surface area contributed by atoms with Crippen LogP contribution in [0, 0.1) is 0 Å². The van der Waals surface area contributed by atoms with Gasteiger partial charge >= 0.3 is 5.97 Å². The van der Waals surface area contributed by atoms with Crippen LogP contribution in [-0.4, -0.2) is 78.7 Å². The zero-order chi connectivity index (χ0) is 44.6. The lowest BCUT2D eigenvalue weighted by Gasteiger charge is -2.16. The van der Waals surface area contributed by atoms with Gasteiger partial charge < -0.3 is 51.2 Å². The van der Waals surface area contributed by atoms with Crippen LogP contribution >= 0.6 is 0 Å². The number of amides is 4. The molecule has 0 aliphatic rings. The fourth-order valence-electron chi connectivity index (χ4n) is 5.64. The van der Waals surface area contributed by atoms with Crippen LogP contribution in [0.25, 0.3) is 6.08 Å². The van der Waals surface area contributed by atoms with E-state index >= 15 is 0 Å². The minimum atomic E-state index is -4.18. The lowest BCUT2D eigenvalue weighted by molar-refractivity contribution is -0.117. The molecular weight excluding hydrogens is 815 g/mol. The van der Waals surface area contributed by atoms with E-state index in [0.29, 0.717) is 16.8 Å². The van der Waals surface area contributed by atoms with Gasteiger partial charge in [0.25, 0.3) is 17.7 Å². The molecule has 4 amide bonds. The summed E-state index contributed by atoms with van der Waals surface area (Å²) in [6.45, 7) is 2.94. The molecule has 0 saturated heterocycles. The maximum Gasteiger partial charge on any atom is 0.339 e. The van der Waals surface area contributed by atoms with E-state index in [1.807, 2.05) is 0 Å². The molecule has 9 N–H and O–H groups in total. The third-order valence-electron chi connectivity index (χ3n) is 8.84. The number of anilines is 4. The number of carbonyl (C=O) groups excluding carboxylic acids is 4. The molecule has 19 heteroatoms. The number of phenolic OH excluding ortho intramolecular Hbond substituents is 2. The molecule has 61 heavy (non-hydrogen) atoms. The van der Waals surface area contributed by atoms with E-state index in [1.165, 1.54) is 92.9 Å². The van der Waals surface area contributed by atoms with E-state index in [-0.39, 0.29) is 50.3 Å². The molecule has 0 unspecified atom stereocenters. The number of benzene rings is 5. The van der Waals surface area contributed by atoms with Gasteiger partial charge in [0.2, 0.25) is 15.9 Å². The summed E-state index contributed by atoms with van der Waals surface area (Å²) in [6, 6.07) is 20.6. The number of methoxy groups -OCH3 is 2. The molecular formula is C42H39N5O13S. The Kier molecular flexibility index (Phi) is 13.6. The van der Waals surface area contributed by atoms with Gasteiger partial charge in [0.05, 0.1) is 42.1 Å². The van der Waals surface area contributed by atoms with Crippen molar-refractivity contribution in [2.24, 2.45) is 0 Å². The van der Waals surface area contributed by atoms with Crippen molar-refractivity contribution >= 4 is 68.4 Å². The van der Waals surface area contributed by atoms with Crippen LogP contribution in [-0.2, 0) is 19.6 Å². The van der Waals surface area contributed by atoms with E-state index in [2.05, 4.69) is 26.0 Å². The molecule has 5 aromatic carbocycles. The molecule has 5 aromatic rings. The van der Waals surface area contributed by atoms with E-state index in [0.717, 1.165) is 13.2 Å². The summed E-state index contributed by atoms with van der Waals surface area (Å²) in [7, 11) is -1.83. The maximum absolute atomic E-state index is 13.1. The molecule has 0 spiro atoms. The second-order valence-electron chi connectivity index (χ2n) is 13.1. The van der Waals surface area contributed by atoms with Crippen LogP contribution in [0.5, 0.6) is 28.7 Å². The second-order valence-corrected chi connectivity index (χ2v) is 14.8. The van der Waals surface area contributed by atoms with Gasteiger partial charge in [0.1, 0.15) is 11.3 Å². The van der Waals surface area contributed by atoms with Crippen molar-refractivity contribution < 1.29 is 62.3 Å². The Bertz CT molecular complexity index is 2650. The molecule has 0 aromatic heterocycles. The summed E-state index contributed by atoms with van der Waals surface area (Å²) in [5, 5.41) is 50.1. The number of carboxylic acid groups (broad SMARTS) is 1. The van der Waals surface area contributed by atoms with Crippen LogP contribution < -0.4 is 35.5 Å². The van der Waals surface area contributed by atoms with Gasteiger partial charge in [-0.15, -0.1) is 0 Å². The first-order valence-electron chi connectivity index (χ1n) is 17.9. The number of hydrogen-bond acceptors (Lipinski definition) is 12. The number of carboxylic acids is 1. The van der Waals surface area contributed by atoms with Crippen molar-refractivity contribution in [3.63, 3.8) is 0 Å². The van der Waals surface area contributed by atoms with Gasteiger partial charge in [-0.3, -0.25) is 19.2 Å². The zero-order valence-corrected chi connectivity index (χ0v) is 33.6. The van der Waals surface area contributed by atoms with Crippen LogP contribution in [0.2, 0.25) is 0 Å². The lowest BCUT2D eigenvalue weighted by Crippen LogP contribution is -2.41. The third kappa shape index (κ3) is 10.6. The zero-order valence-electron chi connectivity index (χ0n) is 32.8. The van der Waals surface area contributed by atoms with Crippen LogP contribution in [0.4, 0.5) is 22.7 Å². The number of nitrogens with one attached hydrogen (secondary N) is 5. The quantitative estimate of drug-likeness (QED) is 0.0600. The molecule has 316 valence electrons. The first-order valence-corrected chi connectivity index (χ1v) is 19.4. The molecule has 0 fully saturated rings. The summed E-state index contributed by atoms with van der Waals surface area (Å²) in [5.41, 5.74) is 0.851. The Morgan fingerprint density at radius 2 is 1.15 bits per heavy atom. The minimum Gasteiger partial charge on any atom is -0.508 e. The SMILES string of the molecule is COc1c(NC(=O)c2ccc(NC(=O)c3ccc(NC(=O)[C@H](C)NS(=O)(=O)c4ccc(NC(=O)/C(C)=C/c5ccc(O)cc5)cc4)cc3)c(OC)c2O)ccc(C(=O)O)c1O. The first kappa shape index (κ1) is 44.2. The summed E-state index contributed by atoms with van der Waals surface area (Å²) in [4.78, 5) is 63.0. The van der Waals surface area contributed by atoms with Crippen LogP contribution in [0.3, 0.4) is 0 Å². The van der Waals surface area contributed by atoms with Crippen molar-refractivity contribution in [3.05, 3.63) is 125 Å². The summed E-state index contributed by atoms with van der Waals surface area (Å²) in [6.07, 6.45) is 1.62.